The summed E-state index contributed by atoms with van der Waals surface area (Å²) in [4.78, 5) is 24.9. The van der Waals surface area contributed by atoms with Crippen LogP contribution >= 0.6 is 0 Å². The number of carbonyl (C=O) groups is 2. The van der Waals surface area contributed by atoms with Crippen molar-refractivity contribution >= 4 is 22.0 Å². The van der Waals surface area contributed by atoms with Crippen LogP contribution in [0.1, 0.15) is 66.3 Å². The van der Waals surface area contributed by atoms with Crippen LogP contribution in [0.2, 0.25) is 0 Å². The fraction of sp³-hybridized carbons (Fsp3) is 0.355. The van der Waals surface area contributed by atoms with E-state index < -0.39 is 40.0 Å². The number of carboxylic acid groups (broad SMARTS) is 1. The summed E-state index contributed by atoms with van der Waals surface area (Å²) in [5, 5.41) is 9.34. The molecule has 0 aliphatic heterocycles. The molecule has 0 spiro atoms. The molecule has 6 rings (SSSR count). The van der Waals surface area contributed by atoms with Crippen molar-refractivity contribution in [2.45, 2.75) is 62.5 Å². The zero-order valence-corrected chi connectivity index (χ0v) is 23.0. The molecule has 3 aliphatic carbocycles. The van der Waals surface area contributed by atoms with E-state index in [-0.39, 0.29) is 35.5 Å². The summed E-state index contributed by atoms with van der Waals surface area (Å²) in [6, 6.07) is 21.7. The predicted molar refractivity (Wildman–Crippen MR) is 147 cm³/mol. The van der Waals surface area contributed by atoms with E-state index in [1.807, 2.05) is 69.3 Å². The van der Waals surface area contributed by atoms with Gasteiger partial charge in [-0.1, -0.05) is 80.1 Å². The summed E-state index contributed by atoms with van der Waals surface area (Å²) in [5.41, 5.74) is 4.99. The highest BCUT2D eigenvalue weighted by molar-refractivity contribution is 7.89. The van der Waals surface area contributed by atoms with Gasteiger partial charge < -0.3 is 9.84 Å². The molecule has 0 radical (unpaired) electrons. The van der Waals surface area contributed by atoms with E-state index in [4.69, 9.17) is 4.74 Å². The van der Waals surface area contributed by atoms with E-state index in [1.54, 1.807) is 24.3 Å². The van der Waals surface area contributed by atoms with Gasteiger partial charge in [0.15, 0.2) is 0 Å². The quantitative estimate of drug-likeness (QED) is 0.366. The maximum atomic E-state index is 13.6. The minimum absolute atomic E-state index is 0.0336. The standard InChI is InChI=1S/C31H33NO6S/c1-18(2)20(16-26(33)34)17-27(35)38-31-29-24-10-6-4-8-22(24)28(23-9-5-7-11-25(23)29)30(31)32-39(36,37)21-14-12-19(3)13-15-21/h4-15,18,20,28-32H,16-17H2,1-3H3,(H,33,34)/t20-,28?,29?,30-,31+/m1/s1. The Hall–Kier alpha value is -3.49. The average Bonchev–Trinajstić information content (AvgIpc) is 2.89. The zero-order valence-electron chi connectivity index (χ0n) is 22.2. The number of aryl methyl sites for hydroxylation is 1. The normalized spacial score (nSPS) is 22.2. The van der Waals surface area contributed by atoms with Gasteiger partial charge in [0.05, 0.1) is 10.9 Å². The van der Waals surface area contributed by atoms with Crippen molar-refractivity contribution in [2.75, 3.05) is 0 Å². The van der Waals surface area contributed by atoms with Crippen LogP contribution in [-0.4, -0.2) is 37.6 Å². The number of ether oxygens (including phenoxy) is 1. The number of hydrogen-bond acceptors (Lipinski definition) is 5. The molecule has 0 heterocycles. The van der Waals surface area contributed by atoms with Gasteiger partial charge in [0.1, 0.15) is 6.10 Å². The van der Waals surface area contributed by atoms with E-state index in [1.165, 1.54) is 0 Å². The van der Waals surface area contributed by atoms with Crippen LogP contribution in [0.25, 0.3) is 0 Å². The zero-order chi connectivity index (χ0) is 27.9. The van der Waals surface area contributed by atoms with Crippen molar-refractivity contribution < 1.29 is 27.9 Å². The molecule has 2 bridgehead atoms. The molecule has 3 aromatic carbocycles. The maximum Gasteiger partial charge on any atom is 0.306 e. The summed E-state index contributed by atoms with van der Waals surface area (Å²) < 4.78 is 36.3. The van der Waals surface area contributed by atoms with E-state index >= 15 is 0 Å². The van der Waals surface area contributed by atoms with Gasteiger partial charge in [-0.15, -0.1) is 0 Å². The van der Waals surface area contributed by atoms with Crippen molar-refractivity contribution in [1.29, 1.82) is 0 Å². The molecule has 0 fully saturated rings. The number of rotatable bonds is 9. The van der Waals surface area contributed by atoms with Crippen LogP contribution < -0.4 is 4.72 Å². The summed E-state index contributed by atoms with van der Waals surface area (Å²) in [5.74, 6) is -2.65. The summed E-state index contributed by atoms with van der Waals surface area (Å²) in [6.45, 7) is 5.66. The lowest BCUT2D eigenvalue weighted by molar-refractivity contribution is -0.154. The van der Waals surface area contributed by atoms with E-state index in [9.17, 15) is 23.1 Å². The van der Waals surface area contributed by atoms with Gasteiger partial charge in [0.25, 0.3) is 0 Å². The fourth-order valence-corrected chi connectivity index (χ4v) is 7.31. The van der Waals surface area contributed by atoms with Gasteiger partial charge in [-0.05, 0) is 53.1 Å². The van der Waals surface area contributed by atoms with Gasteiger partial charge in [0.2, 0.25) is 10.0 Å². The number of sulfonamides is 1. The third-order valence-electron chi connectivity index (χ3n) is 8.07. The Balaban J connectivity index is 1.56. The van der Waals surface area contributed by atoms with Crippen LogP contribution in [0.5, 0.6) is 0 Å². The minimum Gasteiger partial charge on any atom is -0.481 e. The van der Waals surface area contributed by atoms with Crippen LogP contribution in [0.4, 0.5) is 0 Å². The number of hydrogen-bond donors (Lipinski definition) is 2. The van der Waals surface area contributed by atoms with Crippen molar-refractivity contribution in [3.63, 3.8) is 0 Å². The third-order valence-corrected chi connectivity index (χ3v) is 9.55. The number of fused-ring (bicyclic) bond motifs is 1. The molecular weight excluding hydrogens is 514 g/mol. The molecule has 0 saturated carbocycles. The molecule has 3 atom stereocenters. The second-order valence-corrected chi connectivity index (χ2v) is 12.6. The highest BCUT2D eigenvalue weighted by atomic mass is 32.2. The first-order valence-electron chi connectivity index (χ1n) is 13.2. The van der Waals surface area contributed by atoms with Gasteiger partial charge in [-0.2, -0.15) is 0 Å². The first-order chi connectivity index (χ1) is 18.6. The van der Waals surface area contributed by atoms with Crippen LogP contribution in [0.15, 0.2) is 77.7 Å². The lowest BCUT2D eigenvalue weighted by Crippen LogP contribution is -2.57. The molecule has 0 unspecified atom stereocenters. The Labute approximate surface area is 229 Å². The number of carbonyl (C=O) groups excluding carboxylic acids is 1. The molecule has 2 N–H and O–H groups in total. The number of aliphatic carboxylic acids is 1. The Kier molecular flexibility index (Phi) is 7.35. The largest absolute Gasteiger partial charge is 0.481 e. The number of esters is 1. The highest BCUT2D eigenvalue weighted by Crippen LogP contribution is 2.54. The molecular formula is C31H33NO6S. The molecule has 0 saturated heterocycles. The van der Waals surface area contributed by atoms with E-state index in [0.29, 0.717) is 0 Å². The summed E-state index contributed by atoms with van der Waals surface area (Å²) >= 11 is 0. The Morgan fingerprint density at radius 3 is 1.85 bits per heavy atom. The van der Waals surface area contributed by atoms with Crippen molar-refractivity contribution in [1.82, 2.24) is 4.72 Å². The topological polar surface area (TPSA) is 110 Å². The lowest BCUT2D eigenvalue weighted by Gasteiger charge is -2.49. The first-order valence-corrected chi connectivity index (χ1v) is 14.7. The number of benzene rings is 3. The van der Waals surface area contributed by atoms with Gasteiger partial charge in [0, 0.05) is 24.7 Å². The van der Waals surface area contributed by atoms with Crippen molar-refractivity contribution in [2.24, 2.45) is 11.8 Å². The molecule has 0 amide bonds. The third kappa shape index (κ3) is 5.23. The Morgan fingerprint density at radius 2 is 1.36 bits per heavy atom. The van der Waals surface area contributed by atoms with Gasteiger partial charge in [-0.3, -0.25) is 9.59 Å². The maximum absolute atomic E-state index is 13.6. The SMILES string of the molecule is Cc1ccc(S(=O)(=O)N[C@@H]2C3c4ccccc4C(c4ccccc43)[C@@H]2OC(=O)C[C@@H](CC(=O)O)C(C)C)cc1. The predicted octanol–water partition coefficient (Wildman–Crippen LogP) is 4.98. The minimum atomic E-state index is -3.94. The van der Waals surface area contributed by atoms with Crippen molar-refractivity contribution in [3.8, 4) is 0 Å². The van der Waals surface area contributed by atoms with Crippen molar-refractivity contribution in [3.05, 3.63) is 101 Å². The van der Waals surface area contributed by atoms with Crippen LogP contribution in [0.3, 0.4) is 0 Å². The van der Waals surface area contributed by atoms with E-state index in [0.717, 1.165) is 27.8 Å². The van der Waals surface area contributed by atoms with E-state index in [2.05, 4.69) is 4.72 Å². The van der Waals surface area contributed by atoms with Crippen LogP contribution in [0, 0.1) is 18.8 Å². The first kappa shape index (κ1) is 27.1. The lowest BCUT2D eigenvalue weighted by atomic mass is 9.60. The molecule has 204 valence electrons. The average molecular weight is 548 g/mol. The number of carboxylic acids is 1. The molecule has 39 heavy (non-hydrogen) atoms. The molecule has 8 heteroatoms. The summed E-state index contributed by atoms with van der Waals surface area (Å²) in [7, 11) is -3.94. The fourth-order valence-electron chi connectivity index (χ4n) is 6.05. The number of nitrogens with one attached hydrogen (secondary N) is 1. The van der Waals surface area contributed by atoms with Gasteiger partial charge in [-0.25, -0.2) is 13.1 Å². The Bertz CT molecular complexity index is 1450. The van der Waals surface area contributed by atoms with Gasteiger partial charge >= 0.3 is 11.9 Å². The molecule has 7 nitrogen and oxygen atoms in total. The molecule has 0 aromatic heterocycles. The Morgan fingerprint density at radius 1 is 0.846 bits per heavy atom. The monoisotopic (exact) mass is 547 g/mol. The smallest absolute Gasteiger partial charge is 0.306 e. The highest BCUT2D eigenvalue weighted by Gasteiger charge is 2.53. The second kappa shape index (κ2) is 10.6. The second-order valence-electron chi connectivity index (χ2n) is 10.9. The molecule has 3 aliphatic rings. The summed E-state index contributed by atoms with van der Waals surface area (Å²) in [6.07, 6.45) is -0.998. The molecule has 3 aromatic rings. The van der Waals surface area contributed by atoms with Crippen LogP contribution in [-0.2, 0) is 24.3 Å².